The van der Waals surface area contributed by atoms with E-state index in [-0.39, 0.29) is 5.69 Å². The summed E-state index contributed by atoms with van der Waals surface area (Å²) in [6.45, 7) is 0.604. The number of thiocarbonyl (C=S) groups is 1. The summed E-state index contributed by atoms with van der Waals surface area (Å²) in [6.07, 6.45) is 8.61. The fraction of sp³-hybridized carbons (Fsp3) is 0.167. The van der Waals surface area contributed by atoms with E-state index in [0.717, 1.165) is 5.69 Å². The minimum absolute atomic E-state index is 0.200. The summed E-state index contributed by atoms with van der Waals surface area (Å²) in [4.78, 5) is 16.0. The first-order chi connectivity index (χ1) is 9.79. The molecule has 8 heteroatoms. The lowest BCUT2D eigenvalue weighted by Crippen LogP contribution is -2.31. The predicted molar refractivity (Wildman–Crippen MR) is 76.7 cm³/mol. The SMILES string of the molecule is N#Cc1nccnc1NC(=S)NCCc1cnccn1. The first-order valence-corrected chi connectivity index (χ1v) is 6.21. The van der Waals surface area contributed by atoms with Crippen LogP contribution in [0.1, 0.15) is 11.4 Å². The van der Waals surface area contributed by atoms with Gasteiger partial charge in [0.2, 0.25) is 0 Å². The average Bonchev–Trinajstić information content (AvgIpc) is 2.49. The number of anilines is 1. The zero-order chi connectivity index (χ0) is 14.2. The molecule has 0 radical (unpaired) electrons. The Morgan fingerprint density at radius 3 is 2.75 bits per heavy atom. The molecule has 0 bridgehead atoms. The van der Waals surface area contributed by atoms with Crippen LogP contribution in [0.15, 0.2) is 31.0 Å². The van der Waals surface area contributed by atoms with E-state index >= 15 is 0 Å². The molecule has 100 valence electrons. The van der Waals surface area contributed by atoms with Crippen molar-refractivity contribution in [3.8, 4) is 6.07 Å². The number of aromatic nitrogens is 4. The van der Waals surface area contributed by atoms with Gasteiger partial charge in [-0.25, -0.2) is 9.97 Å². The molecular formula is C12H11N7S. The minimum atomic E-state index is 0.200. The molecule has 2 aromatic heterocycles. The van der Waals surface area contributed by atoms with Crippen LogP contribution >= 0.6 is 12.2 Å². The van der Waals surface area contributed by atoms with E-state index in [1.165, 1.54) is 12.4 Å². The topological polar surface area (TPSA) is 99.4 Å². The summed E-state index contributed by atoms with van der Waals surface area (Å²) in [7, 11) is 0. The van der Waals surface area contributed by atoms with Crippen molar-refractivity contribution < 1.29 is 0 Å². The van der Waals surface area contributed by atoms with Gasteiger partial charge in [-0.1, -0.05) is 0 Å². The van der Waals surface area contributed by atoms with Gasteiger partial charge in [0.05, 0.1) is 5.69 Å². The second-order valence-corrected chi connectivity index (χ2v) is 4.10. The maximum absolute atomic E-state index is 8.88. The van der Waals surface area contributed by atoms with Crippen molar-refractivity contribution in [3.63, 3.8) is 0 Å². The molecule has 0 saturated heterocycles. The van der Waals surface area contributed by atoms with Gasteiger partial charge in [-0.05, 0) is 12.2 Å². The van der Waals surface area contributed by atoms with Crippen LogP contribution < -0.4 is 10.6 Å². The first-order valence-electron chi connectivity index (χ1n) is 5.80. The van der Waals surface area contributed by atoms with Gasteiger partial charge < -0.3 is 10.6 Å². The van der Waals surface area contributed by atoms with Crippen LogP contribution in [0.2, 0.25) is 0 Å². The Balaban J connectivity index is 1.83. The second kappa shape index (κ2) is 7.06. The van der Waals surface area contributed by atoms with Crippen LogP contribution in [0.3, 0.4) is 0 Å². The molecule has 0 aromatic carbocycles. The molecule has 0 amide bonds. The van der Waals surface area contributed by atoms with Gasteiger partial charge in [-0.15, -0.1) is 0 Å². The summed E-state index contributed by atoms with van der Waals surface area (Å²) < 4.78 is 0. The Morgan fingerprint density at radius 1 is 1.20 bits per heavy atom. The van der Waals surface area contributed by atoms with Crippen molar-refractivity contribution in [1.29, 1.82) is 5.26 Å². The molecule has 0 atom stereocenters. The minimum Gasteiger partial charge on any atom is -0.362 e. The smallest absolute Gasteiger partial charge is 0.183 e. The molecule has 7 nitrogen and oxygen atoms in total. The standard InChI is InChI=1S/C12H11N7S/c13-7-10-11(17-6-5-16-10)19-12(20)18-2-1-9-8-14-3-4-15-9/h3-6,8H,1-2H2,(H2,17,18,19,20). The van der Waals surface area contributed by atoms with Crippen LogP contribution in [-0.2, 0) is 6.42 Å². The lowest BCUT2D eigenvalue weighted by atomic mass is 10.3. The van der Waals surface area contributed by atoms with Crippen molar-refractivity contribution >= 4 is 23.1 Å². The molecule has 0 spiro atoms. The van der Waals surface area contributed by atoms with Crippen molar-refractivity contribution in [1.82, 2.24) is 25.3 Å². The number of nitriles is 1. The molecule has 0 aliphatic heterocycles. The maximum Gasteiger partial charge on any atom is 0.183 e. The number of hydrogen-bond donors (Lipinski definition) is 2. The summed E-state index contributed by atoms with van der Waals surface area (Å²) in [5, 5.41) is 15.1. The van der Waals surface area contributed by atoms with Crippen molar-refractivity contribution in [2.45, 2.75) is 6.42 Å². The lowest BCUT2D eigenvalue weighted by molar-refractivity contribution is 0.839. The molecule has 2 aromatic rings. The quantitative estimate of drug-likeness (QED) is 0.791. The van der Waals surface area contributed by atoms with Gasteiger partial charge in [0.15, 0.2) is 16.6 Å². The van der Waals surface area contributed by atoms with E-state index in [1.807, 2.05) is 6.07 Å². The van der Waals surface area contributed by atoms with Crippen LogP contribution in [0.25, 0.3) is 0 Å². The zero-order valence-electron chi connectivity index (χ0n) is 10.4. The highest BCUT2D eigenvalue weighted by atomic mass is 32.1. The number of hydrogen-bond acceptors (Lipinski definition) is 6. The summed E-state index contributed by atoms with van der Waals surface area (Å²) in [6, 6.07) is 1.94. The fourth-order valence-corrected chi connectivity index (χ4v) is 1.62. The van der Waals surface area contributed by atoms with Crippen LogP contribution in [-0.4, -0.2) is 31.6 Å². The highest BCUT2D eigenvalue weighted by Crippen LogP contribution is 2.05. The fourth-order valence-electron chi connectivity index (χ4n) is 1.43. The highest BCUT2D eigenvalue weighted by molar-refractivity contribution is 7.80. The van der Waals surface area contributed by atoms with Crippen molar-refractivity contribution in [2.75, 3.05) is 11.9 Å². The second-order valence-electron chi connectivity index (χ2n) is 3.69. The van der Waals surface area contributed by atoms with Gasteiger partial charge in [0, 0.05) is 43.9 Å². The number of nitrogens with one attached hydrogen (secondary N) is 2. The lowest BCUT2D eigenvalue weighted by Gasteiger charge is -2.09. The highest BCUT2D eigenvalue weighted by Gasteiger charge is 2.05. The van der Waals surface area contributed by atoms with Crippen LogP contribution in [0.5, 0.6) is 0 Å². The largest absolute Gasteiger partial charge is 0.362 e. The molecule has 0 aliphatic rings. The molecule has 0 aliphatic carbocycles. The zero-order valence-corrected chi connectivity index (χ0v) is 11.3. The average molecular weight is 285 g/mol. The van der Waals surface area contributed by atoms with Crippen molar-refractivity contribution in [2.24, 2.45) is 0 Å². The first kappa shape index (κ1) is 13.8. The molecule has 0 fully saturated rings. The third-order valence-electron chi connectivity index (χ3n) is 2.32. The Kier molecular flexibility index (Phi) is 4.86. The van der Waals surface area contributed by atoms with Crippen LogP contribution in [0.4, 0.5) is 5.82 Å². The monoisotopic (exact) mass is 285 g/mol. The molecular weight excluding hydrogens is 274 g/mol. The predicted octanol–water partition coefficient (Wildman–Crippen LogP) is 0.667. The third-order valence-corrected chi connectivity index (χ3v) is 2.57. The van der Waals surface area contributed by atoms with Gasteiger partial charge >= 0.3 is 0 Å². The molecule has 2 N–H and O–H groups in total. The molecule has 0 unspecified atom stereocenters. The maximum atomic E-state index is 8.88. The Hall–Kier alpha value is -2.66. The summed E-state index contributed by atoms with van der Waals surface area (Å²) in [5.41, 5.74) is 1.07. The Morgan fingerprint density at radius 2 is 2.00 bits per heavy atom. The number of nitrogens with zero attached hydrogens (tertiary/aromatic N) is 5. The van der Waals surface area contributed by atoms with Crippen LogP contribution in [0, 0.1) is 11.3 Å². The van der Waals surface area contributed by atoms with Gasteiger partial charge in [-0.2, -0.15) is 5.26 Å². The van der Waals surface area contributed by atoms with E-state index in [9.17, 15) is 0 Å². The van der Waals surface area contributed by atoms with Gasteiger partial charge in [-0.3, -0.25) is 9.97 Å². The molecule has 20 heavy (non-hydrogen) atoms. The van der Waals surface area contributed by atoms with E-state index in [4.69, 9.17) is 17.5 Å². The normalized spacial score (nSPS) is 9.55. The van der Waals surface area contributed by atoms with Crippen molar-refractivity contribution in [3.05, 3.63) is 42.4 Å². The van der Waals surface area contributed by atoms with Gasteiger partial charge in [0.25, 0.3) is 0 Å². The van der Waals surface area contributed by atoms with Gasteiger partial charge in [0.1, 0.15) is 6.07 Å². The molecule has 0 saturated carbocycles. The number of rotatable bonds is 4. The Labute approximate surface area is 121 Å². The van der Waals surface area contributed by atoms with E-state index in [0.29, 0.717) is 23.9 Å². The molecule has 2 heterocycles. The molecule has 2 rings (SSSR count). The summed E-state index contributed by atoms with van der Waals surface area (Å²) >= 11 is 5.12. The van der Waals surface area contributed by atoms with E-state index in [2.05, 4.69) is 30.6 Å². The van der Waals surface area contributed by atoms with E-state index in [1.54, 1.807) is 18.6 Å². The Bertz CT molecular complexity index is 623. The van der Waals surface area contributed by atoms with E-state index < -0.39 is 0 Å². The summed E-state index contributed by atoms with van der Waals surface area (Å²) in [5.74, 6) is 0.340. The third kappa shape index (κ3) is 3.93.